The zero-order chi connectivity index (χ0) is 16.2. The van der Waals surface area contributed by atoms with Crippen LogP contribution < -0.4 is 4.74 Å². The molecular formula is C17H18FNO4. The van der Waals surface area contributed by atoms with Crippen LogP contribution in [0.1, 0.15) is 23.2 Å². The number of rotatable bonds is 4. The summed E-state index contributed by atoms with van der Waals surface area (Å²) < 4.78 is 29.3. The van der Waals surface area contributed by atoms with Crippen molar-refractivity contribution in [2.24, 2.45) is 0 Å². The predicted molar refractivity (Wildman–Crippen MR) is 80.8 cm³/mol. The molecule has 1 aromatic heterocycles. The quantitative estimate of drug-likeness (QED) is 0.869. The van der Waals surface area contributed by atoms with Crippen LogP contribution in [0.4, 0.5) is 4.39 Å². The molecule has 1 amide bonds. The minimum absolute atomic E-state index is 0.0314. The van der Waals surface area contributed by atoms with E-state index >= 15 is 0 Å². The highest BCUT2D eigenvalue weighted by Crippen LogP contribution is 2.17. The topological polar surface area (TPSA) is 51.9 Å². The number of carbonyl (C=O) groups excluding carboxylic acids is 1. The molecule has 6 heteroatoms. The van der Waals surface area contributed by atoms with Crippen molar-refractivity contribution in [2.45, 2.75) is 19.6 Å². The van der Waals surface area contributed by atoms with Crippen LogP contribution in [0.5, 0.6) is 5.75 Å². The summed E-state index contributed by atoms with van der Waals surface area (Å²) >= 11 is 0. The predicted octanol–water partition coefficient (Wildman–Crippen LogP) is 2.86. The third-order valence-electron chi connectivity index (χ3n) is 3.60. The lowest BCUT2D eigenvalue weighted by Gasteiger charge is -2.30. The van der Waals surface area contributed by atoms with E-state index in [0.717, 1.165) is 0 Å². The van der Waals surface area contributed by atoms with Crippen LogP contribution in [-0.4, -0.2) is 36.6 Å². The van der Waals surface area contributed by atoms with E-state index in [4.69, 9.17) is 13.9 Å². The van der Waals surface area contributed by atoms with Gasteiger partial charge < -0.3 is 18.8 Å². The van der Waals surface area contributed by atoms with E-state index in [0.29, 0.717) is 31.2 Å². The van der Waals surface area contributed by atoms with Gasteiger partial charge in [-0.15, -0.1) is 0 Å². The van der Waals surface area contributed by atoms with Gasteiger partial charge in [0.2, 0.25) is 0 Å². The lowest BCUT2D eigenvalue weighted by atomic mass is 10.3. The highest BCUT2D eigenvalue weighted by atomic mass is 19.1. The third-order valence-corrected chi connectivity index (χ3v) is 3.60. The first-order valence-corrected chi connectivity index (χ1v) is 7.50. The van der Waals surface area contributed by atoms with E-state index < -0.39 is 0 Å². The van der Waals surface area contributed by atoms with Crippen LogP contribution in [0.2, 0.25) is 0 Å². The average Bonchev–Trinajstić information content (AvgIpc) is 3.02. The van der Waals surface area contributed by atoms with Crippen molar-refractivity contribution in [1.29, 1.82) is 0 Å². The van der Waals surface area contributed by atoms with Crippen LogP contribution in [0.15, 0.2) is 40.8 Å². The minimum atomic E-state index is -0.317. The number of furan rings is 1. The Balaban J connectivity index is 1.59. The molecule has 3 rings (SSSR count). The number of benzene rings is 1. The number of nitrogens with zero attached hydrogens (tertiary/aromatic N) is 1. The van der Waals surface area contributed by atoms with Crippen molar-refractivity contribution in [2.75, 3.05) is 19.7 Å². The van der Waals surface area contributed by atoms with Gasteiger partial charge in [0.1, 0.15) is 23.9 Å². The highest BCUT2D eigenvalue weighted by Gasteiger charge is 2.24. The normalized spacial score (nSPS) is 18.0. The SMILES string of the molecule is CC1CN(C(=O)c2ccc(COc3ccc(F)cc3)o2)CCO1. The lowest BCUT2D eigenvalue weighted by Crippen LogP contribution is -2.44. The van der Waals surface area contributed by atoms with Crippen molar-refractivity contribution in [3.05, 3.63) is 53.7 Å². The van der Waals surface area contributed by atoms with Crippen molar-refractivity contribution < 1.29 is 23.1 Å². The van der Waals surface area contributed by atoms with E-state index in [1.54, 1.807) is 29.2 Å². The summed E-state index contributed by atoms with van der Waals surface area (Å²) in [5.74, 6) is 0.907. The Morgan fingerprint density at radius 2 is 2.09 bits per heavy atom. The summed E-state index contributed by atoms with van der Waals surface area (Å²) in [6.07, 6.45) is 0.0314. The van der Waals surface area contributed by atoms with Gasteiger partial charge >= 0.3 is 0 Å². The van der Waals surface area contributed by atoms with Gasteiger partial charge in [-0.1, -0.05) is 0 Å². The summed E-state index contributed by atoms with van der Waals surface area (Å²) in [4.78, 5) is 14.1. The van der Waals surface area contributed by atoms with Crippen LogP contribution in [0, 0.1) is 5.82 Å². The van der Waals surface area contributed by atoms with E-state index in [1.165, 1.54) is 12.1 Å². The number of hydrogen-bond donors (Lipinski definition) is 0. The van der Waals surface area contributed by atoms with Crippen LogP contribution in [0.25, 0.3) is 0 Å². The standard InChI is InChI=1S/C17H18FNO4/c1-12-10-19(8-9-21-12)17(20)16-7-6-15(23-16)11-22-14-4-2-13(18)3-5-14/h2-7,12H,8-11H2,1H3. The Morgan fingerprint density at radius 3 is 2.83 bits per heavy atom. The molecule has 0 N–H and O–H groups in total. The second kappa shape index (κ2) is 6.83. The fraction of sp³-hybridized carbons (Fsp3) is 0.353. The first-order valence-electron chi connectivity index (χ1n) is 7.50. The number of morpholine rings is 1. The molecule has 1 aliphatic rings. The van der Waals surface area contributed by atoms with E-state index in [9.17, 15) is 9.18 Å². The molecule has 5 nitrogen and oxygen atoms in total. The molecule has 2 heterocycles. The molecule has 2 aromatic rings. The van der Waals surface area contributed by atoms with Crippen molar-refractivity contribution in [1.82, 2.24) is 4.90 Å². The van der Waals surface area contributed by atoms with Crippen molar-refractivity contribution in [3.63, 3.8) is 0 Å². The van der Waals surface area contributed by atoms with Gasteiger partial charge in [-0.25, -0.2) is 4.39 Å². The summed E-state index contributed by atoms with van der Waals surface area (Å²) in [5.41, 5.74) is 0. The van der Waals surface area contributed by atoms with Gasteiger partial charge in [-0.3, -0.25) is 4.79 Å². The van der Waals surface area contributed by atoms with E-state index in [1.807, 2.05) is 6.92 Å². The number of hydrogen-bond acceptors (Lipinski definition) is 4. The molecule has 0 radical (unpaired) electrons. The molecule has 1 atom stereocenters. The van der Waals surface area contributed by atoms with Gasteiger partial charge in [-0.05, 0) is 43.3 Å². The van der Waals surface area contributed by atoms with Gasteiger partial charge in [0.25, 0.3) is 5.91 Å². The third kappa shape index (κ3) is 3.90. The molecule has 1 fully saturated rings. The summed E-state index contributed by atoms with van der Waals surface area (Å²) in [6, 6.07) is 9.09. The number of halogens is 1. The van der Waals surface area contributed by atoms with Crippen molar-refractivity contribution in [3.8, 4) is 5.75 Å². The van der Waals surface area contributed by atoms with Gasteiger partial charge in [0.15, 0.2) is 5.76 Å². The molecule has 1 aliphatic heterocycles. The van der Waals surface area contributed by atoms with Crippen molar-refractivity contribution >= 4 is 5.91 Å². The second-order valence-electron chi connectivity index (χ2n) is 5.44. The molecular weight excluding hydrogens is 301 g/mol. The van der Waals surface area contributed by atoms with Crippen LogP contribution in [-0.2, 0) is 11.3 Å². The Morgan fingerprint density at radius 1 is 1.30 bits per heavy atom. The summed E-state index contributed by atoms with van der Waals surface area (Å²) in [7, 11) is 0. The fourth-order valence-electron chi connectivity index (χ4n) is 2.41. The lowest BCUT2D eigenvalue weighted by molar-refractivity contribution is -0.0135. The second-order valence-corrected chi connectivity index (χ2v) is 5.44. The highest BCUT2D eigenvalue weighted by molar-refractivity contribution is 5.91. The molecule has 1 aromatic carbocycles. The first kappa shape index (κ1) is 15.6. The maximum absolute atomic E-state index is 12.8. The van der Waals surface area contributed by atoms with Gasteiger partial charge in [0, 0.05) is 13.1 Å². The van der Waals surface area contributed by atoms with Crippen LogP contribution >= 0.6 is 0 Å². The Kier molecular flexibility index (Phi) is 4.62. The van der Waals surface area contributed by atoms with Crippen LogP contribution in [0.3, 0.4) is 0 Å². The molecule has 0 spiro atoms. The number of amides is 1. The largest absolute Gasteiger partial charge is 0.486 e. The first-order chi connectivity index (χ1) is 11.1. The monoisotopic (exact) mass is 319 g/mol. The number of carbonyl (C=O) groups is 1. The Bertz CT molecular complexity index is 667. The zero-order valence-electron chi connectivity index (χ0n) is 12.8. The molecule has 1 saturated heterocycles. The maximum atomic E-state index is 12.8. The van der Waals surface area contributed by atoms with E-state index in [2.05, 4.69) is 0 Å². The fourth-order valence-corrected chi connectivity index (χ4v) is 2.41. The Labute approximate surface area is 133 Å². The molecule has 1 unspecified atom stereocenters. The molecule has 0 aliphatic carbocycles. The molecule has 0 bridgehead atoms. The summed E-state index contributed by atoms with van der Waals surface area (Å²) in [5, 5.41) is 0. The van der Waals surface area contributed by atoms with Gasteiger partial charge in [0.05, 0.1) is 12.7 Å². The molecule has 122 valence electrons. The van der Waals surface area contributed by atoms with Gasteiger partial charge in [-0.2, -0.15) is 0 Å². The molecule has 0 saturated carbocycles. The smallest absolute Gasteiger partial charge is 0.289 e. The molecule has 23 heavy (non-hydrogen) atoms. The number of ether oxygens (including phenoxy) is 2. The minimum Gasteiger partial charge on any atom is -0.486 e. The summed E-state index contributed by atoms with van der Waals surface area (Å²) in [6.45, 7) is 3.77. The van der Waals surface area contributed by atoms with E-state index in [-0.39, 0.29) is 30.2 Å². The average molecular weight is 319 g/mol. The Hall–Kier alpha value is -2.34. The maximum Gasteiger partial charge on any atom is 0.289 e. The zero-order valence-corrected chi connectivity index (χ0v) is 12.8.